The van der Waals surface area contributed by atoms with Crippen LogP contribution >= 0.6 is 11.6 Å². The van der Waals surface area contributed by atoms with Crippen molar-refractivity contribution in [3.05, 3.63) is 41.3 Å². The molecule has 4 nitrogen and oxygen atoms in total. The molecule has 0 bridgehead atoms. The molecule has 0 amide bonds. The minimum absolute atomic E-state index is 0.381. The van der Waals surface area contributed by atoms with E-state index >= 15 is 0 Å². The van der Waals surface area contributed by atoms with Gasteiger partial charge in [-0.2, -0.15) is 0 Å². The standard InChI is InChI=1S/C18H24ClN3O/c1-12(2)9-18(4,20)11-23-17-16(19)8-15(10-22-17)14-5-6-21-13(3)7-14/h5-8,10,12H,9,11,20H2,1-4H3/t18-/m0/s1. The van der Waals surface area contributed by atoms with Crippen LogP contribution in [0.2, 0.25) is 5.02 Å². The van der Waals surface area contributed by atoms with Crippen LogP contribution in [-0.2, 0) is 0 Å². The van der Waals surface area contributed by atoms with Gasteiger partial charge in [-0.05, 0) is 49.9 Å². The van der Waals surface area contributed by atoms with Gasteiger partial charge in [0.1, 0.15) is 11.6 Å². The lowest BCUT2D eigenvalue weighted by Gasteiger charge is -2.26. The van der Waals surface area contributed by atoms with E-state index < -0.39 is 5.54 Å². The summed E-state index contributed by atoms with van der Waals surface area (Å²) < 4.78 is 5.74. The third-order valence-corrected chi connectivity index (χ3v) is 3.72. The quantitative estimate of drug-likeness (QED) is 0.858. The highest BCUT2D eigenvalue weighted by atomic mass is 35.5. The van der Waals surface area contributed by atoms with Gasteiger partial charge in [-0.15, -0.1) is 0 Å². The normalized spacial score (nSPS) is 13.9. The third kappa shape index (κ3) is 5.19. The van der Waals surface area contributed by atoms with Crippen LogP contribution in [0.3, 0.4) is 0 Å². The van der Waals surface area contributed by atoms with E-state index in [9.17, 15) is 0 Å². The van der Waals surface area contributed by atoms with E-state index in [0.29, 0.717) is 23.4 Å². The molecule has 0 aliphatic carbocycles. The van der Waals surface area contributed by atoms with Gasteiger partial charge < -0.3 is 10.5 Å². The smallest absolute Gasteiger partial charge is 0.232 e. The molecule has 2 heterocycles. The topological polar surface area (TPSA) is 61.0 Å². The number of hydrogen-bond donors (Lipinski definition) is 1. The minimum Gasteiger partial charge on any atom is -0.475 e. The van der Waals surface area contributed by atoms with Crippen molar-refractivity contribution in [2.75, 3.05) is 6.61 Å². The largest absolute Gasteiger partial charge is 0.475 e. The lowest BCUT2D eigenvalue weighted by Crippen LogP contribution is -2.43. The SMILES string of the molecule is Cc1cc(-c2cnc(OC[C@@](C)(N)CC(C)C)c(Cl)c2)ccn1. The second-order valence-corrected chi connectivity index (χ2v) is 7.14. The summed E-state index contributed by atoms with van der Waals surface area (Å²) >= 11 is 6.31. The van der Waals surface area contributed by atoms with E-state index in [1.165, 1.54) is 0 Å². The summed E-state index contributed by atoms with van der Waals surface area (Å²) in [6.07, 6.45) is 4.40. The van der Waals surface area contributed by atoms with E-state index in [-0.39, 0.29) is 0 Å². The van der Waals surface area contributed by atoms with Crippen LogP contribution in [0.1, 0.15) is 32.9 Å². The molecule has 0 aliphatic heterocycles. The molecule has 0 aromatic carbocycles. The molecule has 1 atom stereocenters. The number of nitrogens with zero attached hydrogens (tertiary/aromatic N) is 2. The van der Waals surface area contributed by atoms with Gasteiger partial charge >= 0.3 is 0 Å². The highest BCUT2D eigenvalue weighted by Crippen LogP contribution is 2.28. The number of halogens is 1. The zero-order valence-electron chi connectivity index (χ0n) is 14.1. The Bertz CT molecular complexity index is 671. The van der Waals surface area contributed by atoms with Gasteiger partial charge in [-0.3, -0.25) is 4.98 Å². The fourth-order valence-corrected chi connectivity index (χ4v) is 2.86. The molecular formula is C18H24ClN3O. The fourth-order valence-electron chi connectivity index (χ4n) is 2.64. The Morgan fingerprint density at radius 3 is 2.61 bits per heavy atom. The van der Waals surface area contributed by atoms with Gasteiger partial charge in [0.2, 0.25) is 5.88 Å². The molecule has 0 saturated heterocycles. The summed E-state index contributed by atoms with van der Waals surface area (Å²) in [5.74, 6) is 0.927. The Morgan fingerprint density at radius 1 is 1.26 bits per heavy atom. The second-order valence-electron chi connectivity index (χ2n) is 6.74. The Kier molecular flexibility index (Phi) is 5.60. The van der Waals surface area contributed by atoms with E-state index in [2.05, 4.69) is 23.8 Å². The lowest BCUT2D eigenvalue weighted by atomic mass is 9.93. The average molecular weight is 334 g/mol. The predicted octanol–water partition coefficient (Wildman–Crippen LogP) is 4.25. The Hall–Kier alpha value is -1.65. The molecule has 124 valence electrons. The van der Waals surface area contributed by atoms with Crippen LogP contribution in [-0.4, -0.2) is 22.1 Å². The van der Waals surface area contributed by atoms with Gasteiger partial charge in [-0.25, -0.2) is 4.98 Å². The number of ether oxygens (including phenoxy) is 1. The number of rotatable bonds is 6. The monoisotopic (exact) mass is 333 g/mol. The molecule has 0 fully saturated rings. The van der Waals surface area contributed by atoms with Crippen molar-refractivity contribution in [3.63, 3.8) is 0 Å². The van der Waals surface area contributed by atoms with Gasteiger partial charge in [0.15, 0.2) is 0 Å². The number of pyridine rings is 2. The maximum atomic E-state index is 6.31. The van der Waals surface area contributed by atoms with E-state index in [4.69, 9.17) is 22.1 Å². The van der Waals surface area contributed by atoms with Crippen molar-refractivity contribution >= 4 is 11.6 Å². The first-order chi connectivity index (χ1) is 10.8. The number of aromatic nitrogens is 2. The zero-order chi connectivity index (χ0) is 17.0. The van der Waals surface area contributed by atoms with Crippen LogP contribution < -0.4 is 10.5 Å². The van der Waals surface area contributed by atoms with Crippen molar-refractivity contribution < 1.29 is 4.74 Å². The molecule has 5 heteroatoms. The van der Waals surface area contributed by atoms with E-state index in [1.54, 1.807) is 12.4 Å². The first kappa shape index (κ1) is 17.7. The third-order valence-electron chi connectivity index (χ3n) is 3.45. The molecule has 0 radical (unpaired) electrons. The van der Waals surface area contributed by atoms with Crippen molar-refractivity contribution in [1.29, 1.82) is 0 Å². The molecule has 0 saturated carbocycles. The maximum absolute atomic E-state index is 6.31. The van der Waals surface area contributed by atoms with E-state index in [0.717, 1.165) is 23.2 Å². The van der Waals surface area contributed by atoms with Crippen LogP contribution in [0, 0.1) is 12.8 Å². The summed E-state index contributed by atoms with van der Waals surface area (Å²) in [6, 6.07) is 5.78. The summed E-state index contributed by atoms with van der Waals surface area (Å²) in [7, 11) is 0. The molecule has 2 rings (SSSR count). The molecule has 23 heavy (non-hydrogen) atoms. The fraction of sp³-hybridized carbons (Fsp3) is 0.444. The van der Waals surface area contributed by atoms with Crippen LogP contribution in [0.5, 0.6) is 5.88 Å². The van der Waals surface area contributed by atoms with Crippen molar-refractivity contribution in [2.24, 2.45) is 11.7 Å². The van der Waals surface area contributed by atoms with Crippen molar-refractivity contribution in [3.8, 4) is 17.0 Å². The second kappa shape index (κ2) is 7.28. The summed E-state index contributed by atoms with van der Waals surface area (Å²) in [4.78, 5) is 8.53. The first-order valence-electron chi connectivity index (χ1n) is 7.77. The molecule has 2 aromatic rings. The van der Waals surface area contributed by atoms with Crippen molar-refractivity contribution in [2.45, 2.75) is 39.7 Å². The van der Waals surface area contributed by atoms with Gasteiger partial charge in [-0.1, -0.05) is 25.4 Å². The minimum atomic E-state index is -0.403. The Balaban J connectivity index is 2.11. The maximum Gasteiger partial charge on any atom is 0.232 e. The Morgan fingerprint density at radius 2 is 2.00 bits per heavy atom. The number of aryl methyl sites for hydroxylation is 1. The molecule has 2 N–H and O–H groups in total. The average Bonchev–Trinajstić information content (AvgIpc) is 2.44. The van der Waals surface area contributed by atoms with E-state index in [1.807, 2.05) is 32.0 Å². The van der Waals surface area contributed by atoms with Crippen LogP contribution in [0.15, 0.2) is 30.6 Å². The predicted molar refractivity (Wildman–Crippen MR) is 94.8 cm³/mol. The van der Waals surface area contributed by atoms with Crippen molar-refractivity contribution in [1.82, 2.24) is 9.97 Å². The Labute approximate surface area is 143 Å². The molecule has 2 aromatic heterocycles. The highest BCUT2D eigenvalue weighted by molar-refractivity contribution is 6.32. The number of hydrogen-bond acceptors (Lipinski definition) is 4. The molecule has 0 aliphatic rings. The van der Waals surface area contributed by atoms with Gasteiger partial charge in [0, 0.05) is 29.2 Å². The summed E-state index contributed by atoms with van der Waals surface area (Å²) in [6.45, 7) is 8.59. The summed E-state index contributed by atoms with van der Waals surface area (Å²) in [5.41, 5.74) is 8.76. The molecular weight excluding hydrogens is 310 g/mol. The molecule has 0 spiro atoms. The first-order valence-corrected chi connectivity index (χ1v) is 8.15. The van der Waals surface area contributed by atoms with Crippen LogP contribution in [0.25, 0.3) is 11.1 Å². The zero-order valence-corrected chi connectivity index (χ0v) is 14.9. The van der Waals surface area contributed by atoms with Gasteiger partial charge in [0.05, 0.1) is 0 Å². The summed E-state index contributed by atoms with van der Waals surface area (Å²) in [5, 5.41) is 0.484. The van der Waals surface area contributed by atoms with Crippen LogP contribution in [0.4, 0.5) is 0 Å². The highest BCUT2D eigenvalue weighted by Gasteiger charge is 2.22. The lowest BCUT2D eigenvalue weighted by molar-refractivity contribution is 0.201. The number of nitrogens with two attached hydrogens (primary N) is 1. The molecule has 0 unspecified atom stereocenters. The van der Waals surface area contributed by atoms with Gasteiger partial charge in [0.25, 0.3) is 0 Å².